The number of amides is 2. The molecule has 0 spiro atoms. The van der Waals surface area contributed by atoms with Crippen LogP contribution in [0.2, 0.25) is 0 Å². The minimum atomic E-state index is -0.0980. The Kier molecular flexibility index (Phi) is 4.94. The molecule has 2 aliphatic rings. The predicted molar refractivity (Wildman–Crippen MR) is 101 cm³/mol. The molecular weight excluding hydrogens is 364 g/mol. The van der Waals surface area contributed by atoms with Crippen molar-refractivity contribution in [3.8, 4) is 0 Å². The molecule has 0 radical (unpaired) electrons. The lowest BCUT2D eigenvalue weighted by atomic mass is 9.99. The first kappa shape index (κ1) is 18.1. The lowest BCUT2D eigenvalue weighted by Gasteiger charge is -2.30. The topological polar surface area (TPSA) is 84.2 Å². The quantitative estimate of drug-likeness (QED) is 0.785. The number of piperidine rings is 1. The summed E-state index contributed by atoms with van der Waals surface area (Å²) in [6.45, 7) is 7.24. The lowest BCUT2D eigenvalue weighted by Crippen LogP contribution is -2.39. The van der Waals surface area contributed by atoms with Crippen LogP contribution in [-0.4, -0.2) is 61.2 Å². The van der Waals surface area contributed by atoms with E-state index in [9.17, 15) is 9.59 Å². The van der Waals surface area contributed by atoms with Gasteiger partial charge in [-0.2, -0.15) is 0 Å². The van der Waals surface area contributed by atoms with E-state index in [1.807, 2.05) is 11.8 Å². The van der Waals surface area contributed by atoms with E-state index >= 15 is 0 Å². The summed E-state index contributed by atoms with van der Waals surface area (Å²) in [7, 11) is 0. The molecule has 2 amide bonds. The second-order valence-electron chi connectivity index (χ2n) is 7.41. The van der Waals surface area contributed by atoms with Crippen molar-refractivity contribution in [2.24, 2.45) is 5.92 Å². The number of aromatic nitrogens is 4. The van der Waals surface area contributed by atoms with Gasteiger partial charge in [0.1, 0.15) is 5.69 Å². The normalized spacial score (nSPS) is 18.3. The molecule has 1 fully saturated rings. The molecule has 0 unspecified atom stereocenters. The molecule has 0 N–H and O–H groups in total. The molecule has 4 rings (SSSR count). The summed E-state index contributed by atoms with van der Waals surface area (Å²) in [4.78, 5) is 33.8. The molecule has 2 aliphatic heterocycles. The molecular formula is C18H24N6O2S. The number of nitrogens with zero attached hydrogens (tertiary/aromatic N) is 6. The molecule has 9 heteroatoms. The summed E-state index contributed by atoms with van der Waals surface area (Å²) in [5, 5.41) is 11.0. The highest BCUT2D eigenvalue weighted by Gasteiger charge is 2.30. The van der Waals surface area contributed by atoms with Crippen molar-refractivity contribution in [3.63, 3.8) is 0 Å². The van der Waals surface area contributed by atoms with Crippen LogP contribution >= 0.6 is 11.3 Å². The Morgan fingerprint density at radius 1 is 1.11 bits per heavy atom. The number of likely N-dealkylation sites (tertiary alicyclic amines) is 1. The van der Waals surface area contributed by atoms with Gasteiger partial charge in [-0.1, -0.05) is 12.1 Å². The fourth-order valence-electron chi connectivity index (χ4n) is 3.66. The molecule has 0 bridgehead atoms. The largest absolute Gasteiger partial charge is 0.337 e. The first-order valence-corrected chi connectivity index (χ1v) is 10.3. The number of thiazole rings is 1. The van der Waals surface area contributed by atoms with Crippen LogP contribution in [0.25, 0.3) is 0 Å². The number of hydrogen-bond acceptors (Lipinski definition) is 6. The minimum Gasteiger partial charge on any atom is -0.337 e. The van der Waals surface area contributed by atoms with E-state index in [1.165, 1.54) is 11.3 Å². The molecule has 0 saturated carbocycles. The van der Waals surface area contributed by atoms with Gasteiger partial charge in [0.25, 0.3) is 11.8 Å². The molecule has 144 valence electrons. The molecule has 1 saturated heterocycles. The van der Waals surface area contributed by atoms with Gasteiger partial charge in [-0.25, -0.2) is 9.67 Å². The molecule has 0 aromatic carbocycles. The molecule has 2 aromatic heterocycles. The van der Waals surface area contributed by atoms with Crippen molar-refractivity contribution in [2.45, 2.75) is 46.2 Å². The van der Waals surface area contributed by atoms with Gasteiger partial charge in [0.15, 0.2) is 5.69 Å². The van der Waals surface area contributed by atoms with Gasteiger partial charge in [-0.05, 0) is 32.1 Å². The van der Waals surface area contributed by atoms with E-state index in [0.717, 1.165) is 43.1 Å². The van der Waals surface area contributed by atoms with Crippen LogP contribution in [0.4, 0.5) is 0 Å². The van der Waals surface area contributed by atoms with Gasteiger partial charge in [0.2, 0.25) is 0 Å². The standard InChI is InChI=1S/C18H24N6O2S/c1-12-4-8-22(9-5-12)18(26)16-15-10-23(6-3-7-24(15)21-20-16)17(25)14-11-27-13(2)19-14/h11-12H,3-10H2,1-2H3. The lowest BCUT2D eigenvalue weighted by molar-refractivity contribution is 0.0679. The number of hydrogen-bond donors (Lipinski definition) is 0. The molecule has 2 aromatic rings. The Labute approximate surface area is 162 Å². The van der Waals surface area contributed by atoms with Crippen molar-refractivity contribution in [1.82, 2.24) is 29.8 Å². The maximum Gasteiger partial charge on any atom is 0.276 e. The van der Waals surface area contributed by atoms with E-state index in [0.29, 0.717) is 36.9 Å². The second-order valence-corrected chi connectivity index (χ2v) is 8.48. The Morgan fingerprint density at radius 2 is 1.89 bits per heavy atom. The second kappa shape index (κ2) is 7.38. The van der Waals surface area contributed by atoms with Crippen LogP contribution in [0.1, 0.15) is 57.9 Å². The maximum absolute atomic E-state index is 13.0. The molecule has 4 heterocycles. The summed E-state index contributed by atoms with van der Waals surface area (Å²) in [5.41, 5.74) is 1.59. The highest BCUT2D eigenvalue weighted by molar-refractivity contribution is 7.09. The van der Waals surface area contributed by atoms with E-state index in [2.05, 4.69) is 22.2 Å². The number of aryl methyl sites for hydroxylation is 2. The van der Waals surface area contributed by atoms with Crippen molar-refractivity contribution in [1.29, 1.82) is 0 Å². The Balaban J connectivity index is 1.56. The zero-order valence-corrected chi connectivity index (χ0v) is 16.5. The van der Waals surface area contributed by atoms with Crippen molar-refractivity contribution in [2.75, 3.05) is 19.6 Å². The fraction of sp³-hybridized carbons (Fsp3) is 0.611. The Hall–Kier alpha value is -2.29. The third-order valence-corrected chi connectivity index (χ3v) is 6.15. The zero-order chi connectivity index (χ0) is 19.0. The number of carbonyl (C=O) groups excluding carboxylic acids is 2. The highest BCUT2D eigenvalue weighted by Crippen LogP contribution is 2.22. The molecule has 0 aliphatic carbocycles. The van der Waals surface area contributed by atoms with Gasteiger partial charge in [0.05, 0.1) is 17.2 Å². The van der Waals surface area contributed by atoms with Crippen LogP contribution in [0.3, 0.4) is 0 Å². The Morgan fingerprint density at radius 3 is 2.59 bits per heavy atom. The van der Waals surface area contributed by atoms with E-state index in [-0.39, 0.29) is 11.8 Å². The number of carbonyl (C=O) groups is 2. The number of fused-ring (bicyclic) bond motifs is 1. The number of rotatable bonds is 2. The van der Waals surface area contributed by atoms with Crippen LogP contribution in [0.15, 0.2) is 5.38 Å². The van der Waals surface area contributed by atoms with Gasteiger partial charge in [-0.15, -0.1) is 16.4 Å². The van der Waals surface area contributed by atoms with Crippen molar-refractivity contribution >= 4 is 23.2 Å². The zero-order valence-electron chi connectivity index (χ0n) is 15.7. The SMILES string of the molecule is Cc1nc(C(=O)N2CCCn3nnc(C(=O)N4CCC(C)CC4)c3C2)cs1. The Bertz CT molecular complexity index is 852. The molecule has 27 heavy (non-hydrogen) atoms. The van der Waals surface area contributed by atoms with Crippen LogP contribution in [-0.2, 0) is 13.1 Å². The first-order chi connectivity index (χ1) is 13.0. The van der Waals surface area contributed by atoms with Gasteiger partial charge < -0.3 is 9.80 Å². The summed E-state index contributed by atoms with van der Waals surface area (Å²) in [5.74, 6) is 0.488. The maximum atomic E-state index is 13.0. The van der Waals surface area contributed by atoms with Crippen molar-refractivity contribution in [3.05, 3.63) is 27.5 Å². The van der Waals surface area contributed by atoms with Gasteiger partial charge >= 0.3 is 0 Å². The average molecular weight is 388 g/mol. The van der Waals surface area contributed by atoms with E-state index < -0.39 is 0 Å². The summed E-state index contributed by atoms with van der Waals surface area (Å²) in [6, 6.07) is 0. The van der Waals surface area contributed by atoms with Gasteiger partial charge in [0, 0.05) is 31.6 Å². The molecule has 0 atom stereocenters. The summed E-state index contributed by atoms with van der Waals surface area (Å²) in [6.07, 6.45) is 2.81. The van der Waals surface area contributed by atoms with E-state index in [1.54, 1.807) is 15.0 Å². The first-order valence-electron chi connectivity index (χ1n) is 9.46. The average Bonchev–Trinajstić information content (AvgIpc) is 3.21. The van der Waals surface area contributed by atoms with Crippen LogP contribution in [0.5, 0.6) is 0 Å². The predicted octanol–water partition coefficient (Wildman–Crippen LogP) is 1.96. The minimum absolute atomic E-state index is 0.0676. The van der Waals surface area contributed by atoms with Gasteiger partial charge in [-0.3, -0.25) is 9.59 Å². The fourth-order valence-corrected chi connectivity index (χ4v) is 4.25. The third kappa shape index (κ3) is 3.60. The smallest absolute Gasteiger partial charge is 0.276 e. The van der Waals surface area contributed by atoms with Crippen molar-refractivity contribution < 1.29 is 9.59 Å². The molecule has 8 nitrogen and oxygen atoms in total. The summed E-state index contributed by atoms with van der Waals surface area (Å²) < 4.78 is 1.78. The summed E-state index contributed by atoms with van der Waals surface area (Å²) >= 11 is 1.47. The van der Waals surface area contributed by atoms with E-state index in [4.69, 9.17) is 0 Å². The monoisotopic (exact) mass is 388 g/mol. The van der Waals surface area contributed by atoms with Crippen LogP contribution in [0, 0.1) is 12.8 Å². The highest BCUT2D eigenvalue weighted by atomic mass is 32.1. The van der Waals surface area contributed by atoms with Crippen LogP contribution < -0.4 is 0 Å². The third-order valence-electron chi connectivity index (χ3n) is 5.37.